The van der Waals surface area contributed by atoms with E-state index in [9.17, 15) is 4.79 Å². The zero-order valence-corrected chi connectivity index (χ0v) is 13.7. The molecule has 0 saturated carbocycles. The fourth-order valence-electron chi connectivity index (χ4n) is 2.58. The Morgan fingerprint density at radius 2 is 2.14 bits per heavy atom. The number of benzene rings is 1. The lowest BCUT2D eigenvalue weighted by atomic mass is 10.1. The molecule has 0 bridgehead atoms. The Bertz CT molecular complexity index is 477. The maximum absolute atomic E-state index is 12.5. The summed E-state index contributed by atoms with van der Waals surface area (Å²) < 4.78 is 0. The molecule has 5 heteroatoms. The third-order valence-corrected chi connectivity index (χ3v) is 4.56. The topological polar surface area (TPSA) is 35.6 Å². The highest BCUT2D eigenvalue weighted by molar-refractivity contribution is 6.30. The summed E-state index contributed by atoms with van der Waals surface area (Å²) in [5, 5.41) is 4.06. The van der Waals surface area contributed by atoms with Crippen LogP contribution in [0.25, 0.3) is 0 Å². The summed E-state index contributed by atoms with van der Waals surface area (Å²) in [4.78, 5) is 16.5. The van der Waals surface area contributed by atoms with E-state index in [0.29, 0.717) is 12.6 Å². The molecule has 2 rings (SSSR count). The van der Waals surface area contributed by atoms with Gasteiger partial charge < -0.3 is 10.2 Å². The fraction of sp³-hybridized carbons (Fsp3) is 0.562. The molecule has 1 fully saturated rings. The number of carbonyl (C=O) groups excluding carboxylic acids is 1. The van der Waals surface area contributed by atoms with E-state index in [-0.39, 0.29) is 11.9 Å². The molecule has 0 aliphatic carbocycles. The second-order valence-electron chi connectivity index (χ2n) is 5.76. The first kappa shape index (κ1) is 16.3. The summed E-state index contributed by atoms with van der Waals surface area (Å²) in [5.41, 5.74) is 1.10. The quantitative estimate of drug-likeness (QED) is 0.926. The van der Waals surface area contributed by atoms with Crippen molar-refractivity contribution in [2.75, 3.05) is 33.2 Å². The summed E-state index contributed by atoms with van der Waals surface area (Å²) in [6.45, 7) is 7.51. The largest absolute Gasteiger partial charge is 0.338 e. The van der Waals surface area contributed by atoms with Crippen LogP contribution in [0.5, 0.6) is 0 Å². The molecule has 1 unspecified atom stereocenters. The van der Waals surface area contributed by atoms with E-state index in [1.54, 1.807) is 0 Å². The zero-order chi connectivity index (χ0) is 15.4. The van der Waals surface area contributed by atoms with Gasteiger partial charge in [0.15, 0.2) is 0 Å². The molecule has 116 valence electrons. The number of rotatable bonds is 4. The second kappa shape index (κ2) is 7.25. The van der Waals surface area contributed by atoms with Crippen LogP contribution >= 0.6 is 11.6 Å². The first-order chi connectivity index (χ1) is 9.99. The molecule has 1 aromatic carbocycles. The van der Waals surface area contributed by atoms with Crippen molar-refractivity contribution in [2.45, 2.75) is 25.9 Å². The molecule has 0 spiro atoms. The maximum Gasteiger partial charge on any atom is 0.237 e. The average molecular weight is 310 g/mol. The summed E-state index contributed by atoms with van der Waals surface area (Å²) in [6.07, 6.45) is 0. The molecule has 0 aromatic heterocycles. The number of piperazine rings is 1. The smallest absolute Gasteiger partial charge is 0.237 e. The van der Waals surface area contributed by atoms with Crippen molar-refractivity contribution in [2.24, 2.45) is 0 Å². The Morgan fingerprint density at radius 3 is 2.76 bits per heavy atom. The highest BCUT2D eigenvalue weighted by atomic mass is 35.5. The first-order valence-corrected chi connectivity index (χ1v) is 7.82. The SMILES string of the molecule is CC(c1ccc(Cl)cc1)N(C)C(=O)CN1CCNC[C@H]1C. The van der Waals surface area contributed by atoms with Crippen LogP contribution < -0.4 is 5.32 Å². The normalized spacial score (nSPS) is 21.0. The van der Waals surface area contributed by atoms with Crippen LogP contribution in [-0.4, -0.2) is 55.0 Å². The number of likely N-dealkylation sites (N-methyl/N-ethyl adjacent to an activating group) is 1. The minimum atomic E-state index is 0.0491. The highest BCUT2D eigenvalue weighted by Gasteiger charge is 2.24. The van der Waals surface area contributed by atoms with Gasteiger partial charge in [0.25, 0.3) is 0 Å². The standard InChI is InChI=1S/C16H24ClN3O/c1-12-10-18-8-9-20(12)11-16(21)19(3)13(2)14-4-6-15(17)7-5-14/h4-7,12-13,18H,8-11H2,1-3H3/t12-,13?/m1/s1. The number of hydrogen-bond acceptors (Lipinski definition) is 3. The number of amides is 1. The van der Waals surface area contributed by atoms with Gasteiger partial charge in [0.2, 0.25) is 5.91 Å². The summed E-state index contributed by atoms with van der Waals surface area (Å²) >= 11 is 5.91. The molecule has 0 radical (unpaired) electrons. The van der Waals surface area contributed by atoms with E-state index in [0.717, 1.165) is 30.2 Å². The van der Waals surface area contributed by atoms with Crippen molar-refractivity contribution in [1.82, 2.24) is 15.1 Å². The van der Waals surface area contributed by atoms with Gasteiger partial charge in [-0.05, 0) is 31.5 Å². The van der Waals surface area contributed by atoms with Crippen molar-refractivity contribution >= 4 is 17.5 Å². The van der Waals surface area contributed by atoms with Gasteiger partial charge in [-0.1, -0.05) is 23.7 Å². The Morgan fingerprint density at radius 1 is 1.48 bits per heavy atom. The van der Waals surface area contributed by atoms with Gasteiger partial charge in [0.05, 0.1) is 12.6 Å². The lowest BCUT2D eigenvalue weighted by Crippen LogP contribution is -2.53. The first-order valence-electron chi connectivity index (χ1n) is 7.45. The lowest BCUT2D eigenvalue weighted by Gasteiger charge is -2.35. The number of nitrogens with zero attached hydrogens (tertiary/aromatic N) is 2. The van der Waals surface area contributed by atoms with Crippen molar-refractivity contribution in [3.8, 4) is 0 Å². The molecule has 1 aromatic rings. The second-order valence-corrected chi connectivity index (χ2v) is 6.19. The van der Waals surface area contributed by atoms with E-state index in [1.807, 2.05) is 43.1 Å². The van der Waals surface area contributed by atoms with Gasteiger partial charge >= 0.3 is 0 Å². The van der Waals surface area contributed by atoms with Crippen molar-refractivity contribution in [3.05, 3.63) is 34.9 Å². The molecule has 1 aliphatic heterocycles. The molecule has 1 N–H and O–H groups in total. The third kappa shape index (κ3) is 4.19. The number of halogens is 1. The van der Waals surface area contributed by atoms with E-state index in [1.165, 1.54) is 0 Å². The predicted octanol–water partition coefficient (Wildman–Crippen LogP) is 2.15. The van der Waals surface area contributed by atoms with Gasteiger partial charge in [0, 0.05) is 37.7 Å². The molecule has 2 atom stereocenters. The van der Waals surface area contributed by atoms with Gasteiger partial charge in [-0.15, -0.1) is 0 Å². The minimum absolute atomic E-state index is 0.0491. The molecule has 4 nitrogen and oxygen atoms in total. The highest BCUT2D eigenvalue weighted by Crippen LogP contribution is 2.21. The third-order valence-electron chi connectivity index (χ3n) is 4.30. The van der Waals surface area contributed by atoms with Crippen LogP contribution in [0.4, 0.5) is 0 Å². The monoisotopic (exact) mass is 309 g/mol. The number of carbonyl (C=O) groups is 1. The van der Waals surface area contributed by atoms with Crippen LogP contribution in [0.1, 0.15) is 25.5 Å². The van der Waals surface area contributed by atoms with E-state index >= 15 is 0 Å². The molecule has 1 amide bonds. The molecular weight excluding hydrogens is 286 g/mol. The molecule has 1 aliphatic rings. The van der Waals surface area contributed by atoms with Crippen LogP contribution in [0, 0.1) is 0 Å². The Hall–Kier alpha value is -1.10. The fourth-order valence-corrected chi connectivity index (χ4v) is 2.71. The zero-order valence-electron chi connectivity index (χ0n) is 13.0. The van der Waals surface area contributed by atoms with Gasteiger partial charge in [-0.25, -0.2) is 0 Å². The van der Waals surface area contributed by atoms with Crippen molar-refractivity contribution in [1.29, 1.82) is 0 Å². The van der Waals surface area contributed by atoms with Crippen molar-refractivity contribution in [3.63, 3.8) is 0 Å². The van der Waals surface area contributed by atoms with Gasteiger partial charge in [-0.3, -0.25) is 9.69 Å². The lowest BCUT2D eigenvalue weighted by molar-refractivity contribution is -0.133. The van der Waals surface area contributed by atoms with Crippen molar-refractivity contribution < 1.29 is 4.79 Å². The van der Waals surface area contributed by atoms with Gasteiger partial charge in [-0.2, -0.15) is 0 Å². The van der Waals surface area contributed by atoms with E-state index < -0.39 is 0 Å². The van der Waals surface area contributed by atoms with Crippen LogP contribution in [0.15, 0.2) is 24.3 Å². The van der Waals surface area contributed by atoms with Crippen LogP contribution in [0.2, 0.25) is 5.02 Å². The molecule has 1 heterocycles. The maximum atomic E-state index is 12.5. The summed E-state index contributed by atoms with van der Waals surface area (Å²) in [5.74, 6) is 0.159. The molecule has 21 heavy (non-hydrogen) atoms. The number of nitrogens with one attached hydrogen (secondary N) is 1. The summed E-state index contributed by atoms with van der Waals surface area (Å²) in [6, 6.07) is 8.14. The Kier molecular flexibility index (Phi) is 5.62. The minimum Gasteiger partial charge on any atom is -0.338 e. The van der Waals surface area contributed by atoms with E-state index in [2.05, 4.69) is 17.1 Å². The average Bonchev–Trinajstić information content (AvgIpc) is 2.49. The molecular formula is C16H24ClN3O. The predicted molar refractivity (Wildman–Crippen MR) is 86.5 cm³/mol. The van der Waals surface area contributed by atoms with E-state index in [4.69, 9.17) is 11.6 Å². The molecule has 1 saturated heterocycles. The number of hydrogen-bond donors (Lipinski definition) is 1. The Labute approximate surface area is 132 Å². The summed E-state index contributed by atoms with van der Waals surface area (Å²) in [7, 11) is 1.87. The van der Waals surface area contributed by atoms with Crippen LogP contribution in [0.3, 0.4) is 0 Å². The van der Waals surface area contributed by atoms with Gasteiger partial charge in [0.1, 0.15) is 0 Å². The Balaban J connectivity index is 1.96. The van der Waals surface area contributed by atoms with Crippen LogP contribution in [-0.2, 0) is 4.79 Å².